The molecule has 0 aliphatic rings. The molecule has 5 nitrogen and oxygen atoms in total. The maximum Gasteiger partial charge on any atom is 0.343 e. The molecule has 8 heteroatoms. The number of carbonyl (C=O) groups is 1. The van der Waals surface area contributed by atoms with Crippen molar-refractivity contribution >= 4 is 15.8 Å². The van der Waals surface area contributed by atoms with Crippen molar-refractivity contribution in [3.8, 4) is 11.8 Å². The van der Waals surface area contributed by atoms with E-state index in [0.717, 1.165) is 24.3 Å². The molecule has 0 amide bonds. The van der Waals surface area contributed by atoms with E-state index in [1.807, 2.05) is 6.07 Å². The fourth-order valence-corrected chi connectivity index (χ4v) is 2.41. The summed E-state index contributed by atoms with van der Waals surface area (Å²) in [5.74, 6) is -4.33. The number of nitrogens with zero attached hydrogens (tertiary/aromatic N) is 1. The van der Waals surface area contributed by atoms with Crippen LogP contribution in [0.1, 0.15) is 15.9 Å². The van der Waals surface area contributed by atoms with Crippen molar-refractivity contribution in [1.82, 2.24) is 0 Å². The number of rotatable bonds is 4. The number of benzene rings is 2. The lowest BCUT2D eigenvalue weighted by Gasteiger charge is -2.07. The predicted octanol–water partition coefficient (Wildman–Crippen LogP) is 2.77. The Labute approximate surface area is 130 Å². The Morgan fingerprint density at radius 2 is 1.70 bits per heavy atom. The smallest absolute Gasteiger partial charge is 0.343 e. The molecule has 0 bridgehead atoms. The third kappa shape index (κ3) is 3.52. The van der Waals surface area contributed by atoms with Gasteiger partial charge < -0.3 is 4.74 Å². The van der Waals surface area contributed by atoms with Gasteiger partial charge in [-0.25, -0.2) is 13.2 Å². The lowest BCUT2D eigenvalue weighted by molar-refractivity contribution is 0.0734. The monoisotopic (exact) mass is 337 g/mol. The van der Waals surface area contributed by atoms with Gasteiger partial charge in [-0.2, -0.15) is 14.0 Å². The number of sulfone groups is 1. The quantitative estimate of drug-likeness (QED) is 0.633. The maximum absolute atomic E-state index is 12.4. The summed E-state index contributed by atoms with van der Waals surface area (Å²) >= 11 is 0. The van der Waals surface area contributed by atoms with Crippen LogP contribution in [0.4, 0.5) is 8.78 Å². The van der Waals surface area contributed by atoms with E-state index < -0.39 is 26.5 Å². The highest BCUT2D eigenvalue weighted by molar-refractivity contribution is 7.91. The van der Waals surface area contributed by atoms with Crippen LogP contribution in [-0.4, -0.2) is 20.1 Å². The molecule has 0 aliphatic carbocycles. The van der Waals surface area contributed by atoms with Gasteiger partial charge >= 0.3 is 11.7 Å². The van der Waals surface area contributed by atoms with Gasteiger partial charge in [0.15, 0.2) is 0 Å². The summed E-state index contributed by atoms with van der Waals surface area (Å²) in [6, 6.07) is 11.8. The number of para-hydroxylation sites is 1. The molecular formula is C15H9F2NO4S. The minimum atomic E-state index is -4.72. The number of esters is 1. The summed E-state index contributed by atoms with van der Waals surface area (Å²) in [5, 5.41) is 8.90. The summed E-state index contributed by atoms with van der Waals surface area (Å²) in [7, 11) is -4.72. The molecule has 2 aromatic rings. The third-order valence-corrected chi connectivity index (χ3v) is 4.26. The first-order chi connectivity index (χ1) is 10.9. The van der Waals surface area contributed by atoms with Gasteiger partial charge in [-0.1, -0.05) is 12.1 Å². The molecule has 0 atom stereocenters. The summed E-state index contributed by atoms with van der Waals surface area (Å²) in [4.78, 5) is 11.4. The standard InChI is InChI=1S/C15H9F2NO4S/c16-15(17)23(20,21)12-7-5-10(6-8-12)14(19)22-13-4-2-1-3-11(13)9-18/h1-8,15H. The van der Waals surface area contributed by atoms with Gasteiger partial charge in [-0.15, -0.1) is 0 Å². The maximum atomic E-state index is 12.4. The van der Waals surface area contributed by atoms with E-state index in [2.05, 4.69) is 0 Å². The molecule has 23 heavy (non-hydrogen) atoms. The Bertz CT molecular complexity index is 871. The van der Waals surface area contributed by atoms with Crippen LogP contribution in [0.5, 0.6) is 5.75 Å². The Kier molecular flexibility index (Phi) is 4.71. The first kappa shape index (κ1) is 16.6. The highest BCUT2D eigenvalue weighted by atomic mass is 32.2. The SMILES string of the molecule is N#Cc1ccccc1OC(=O)c1ccc(S(=O)(=O)C(F)F)cc1. The highest BCUT2D eigenvalue weighted by Gasteiger charge is 2.26. The topological polar surface area (TPSA) is 84.2 Å². The number of alkyl halides is 2. The molecule has 0 aromatic heterocycles. The Balaban J connectivity index is 2.23. The second kappa shape index (κ2) is 6.54. The van der Waals surface area contributed by atoms with Gasteiger partial charge in [0.2, 0.25) is 9.84 Å². The van der Waals surface area contributed by atoms with Crippen molar-refractivity contribution in [1.29, 1.82) is 5.26 Å². The average Bonchev–Trinajstić information content (AvgIpc) is 2.55. The van der Waals surface area contributed by atoms with Gasteiger partial charge in [0, 0.05) is 0 Å². The summed E-state index contributed by atoms with van der Waals surface area (Å²) in [6.45, 7) is 0. The summed E-state index contributed by atoms with van der Waals surface area (Å²) in [5.41, 5.74) is 0.115. The lowest BCUT2D eigenvalue weighted by Crippen LogP contribution is -2.13. The van der Waals surface area contributed by atoms with E-state index in [1.165, 1.54) is 12.1 Å². The van der Waals surface area contributed by atoms with Crippen molar-refractivity contribution in [3.05, 3.63) is 59.7 Å². The van der Waals surface area contributed by atoms with Gasteiger partial charge in [0.1, 0.15) is 11.8 Å². The van der Waals surface area contributed by atoms with E-state index in [-0.39, 0.29) is 16.9 Å². The van der Waals surface area contributed by atoms with E-state index in [1.54, 1.807) is 12.1 Å². The number of hydrogen-bond acceptors (Lipinski definition) is 5. The fraction of sp³-hybridized carbons (Fsp3) is 0.0667. The van der Waals surface area contributed by atoms with Crippen LogP contribution in [0.3, 0.4) is 0 Å². The largest absolute Gasteiger partial charge is 0.422 e. The van der Waals surface area contributed by atoms with E-state index >= 15 is 0 Å². The van der Waals surface area contributed by atoms with Crippen LogP contribution in [0.2, 0.25) is 0 Å². The van der Waals surface area contributed by atoms with Gasteiger partial charge in [0.05, 0.1) is 16.0 Å². The molecule has 0 heterocycles. The molecule has 0 unspecified atom stereocenters. The Morgan fingerprint density at radius 1 is 1.09 bits per heavy atom. The van der Waals surface area contributed by atoms with Crippen molar-refractivity contribution < 1.29 is 26.7 Å². The van der Waals surface area contributed by atoms with Crippen molar-refractivity contribution in [2.45, 2.75) is 10.7 Å². The van der Waals surface area contributed by atoms with Crippen LogP contribution in [0.15, 0.2) is 53.4 Å². The Morgan fingerprint density at radius 3 is 2.26 bits per heavy atom. The second-order valence-electron chi connectivity index (χ2n) is 4.33. The minimum absolute atomic E-state index is 0.0361. The van der Waals surface area contributed by atoms with Crippen molar-refractivity contribution in [2.24, 2.45) is 0 Å². The molecular weight excluding hydrogens is 328 g/mol. The van der Waals surface area contributed by atoms with Gasteiger partial charge in [-0.3, -0.25) is 0 Å². The normalized spacial score (nSPS) is 11.0. The average molecular weight is 337 g/mol. The molecule has 118 valence electrons. The zero-order valence-corrected chi connectivity index (χ0v) is 12.3. The molecule has 0 saturated carbocycles. The van der Waals surface area contributed by atoms with Gasteiger partial charge in [-0.05, 0) is 36.4 Å². The number of carbonyl (C=O) groups excluding carboxylic acids is 1. The minimum Gasteiger partial charge on any atom is -0.422 e. The predicted molar refractivity (Wildman–Crippen MR) is 75.7 cm³/mol. The number of ether oxygens (including phenoxy) is 1. The second-order valence-corrected chi connectivity index (χ2v) is 6.25. The van der Waals surface area contributed by atoms with Crippen molar-refractivity contribution in [2.75, 3.05) is 0 Å². The highest BCUT2D eigenvalue weighted by Crippen LogP contribution is 2.21. The Hall–Kier alpha value is -2.79. The van der Waals surface area contributed by atoms with Gasteiger partial charge in [0.25, 0.3) is 0 Å². The summed E-state index contributed by atoms with van der Waals surface area (Å²) < 4.78 is 52.4. The molecule has 0 fully saturated rings. The molecule has 0 radical (unpaired) electrons. The number of nitriles is 1. The molecule has 0 saturated heterocycles. The first-order valence-corrected chi connectivity index (χ1v) is 7.74. The molecule has 2 rings (SSSR count). The molecule has 0 spiro atoms. The molecule has 0 aliphatic heterocycles. The third-order valence-electron chi connectivity index (χ3n) is 2.86. The summed E-state index contributed by atoms with van der Waals surface area (Å²) in [6.07, 6.45) is 0. The fourth-order valence-electron chi connectivity index (χ4n) is 1.69. The zero-order chi connectivity index (χ0) is 17.0. The van der Waals surface area contributed by atoms with E-state index in [4.69, 9.17) is 10.00 Å². The number of halogens is 2. The van der Waals surface area contributed by atoms with E-state index in [0.29, 0.717) is 0 Å². The van der Waals surface area contributed by atoms with Crippen molar-refractivity contribution in [3.63, 3.8) is 0 Å². The van der Waals surface area contributed by atoms with Crippen LogP contribution in [0.25, 0.3) is 0 Å². The molecule has 2 aromatic carbocycles. The van der Waals surface area contributed by atoms with Crippen LogP contribution < -0.4 is 4.74 Å². The van der Waals surface area contributed by atoms with Crippen LogP contribution >= 0.6 is 0 Å². The zero-order valence-electron chi connectivity index (χ0n) is 11.4. The van der Waals surface area contributed by atoms with Crippen LogP contribution in [0, 0.1) is 11.3 Å². The lowest BCUT2D eigenvalue weighted by atomic mass is 10.2. The van der Waals surface area contributed by atoms with E-state index in [9.17, 15) is 22.0 Å². The first-order valence-electron chi connectivity index (χ1n) is 6.19. The number of hydrogen-bond donors (Lipinski definition) is 0. The molecule has 0 N–H and O–H groups in total. The van der Waals surface area contributed by atoms with Crippen LogP contribution in [-0.2, 0) is 9.84 Å².